The highest BCUT2D eigenvalue weighted by atomic mass is 35.5. The third-order valence-electron chi connectivity index (χ3n) is 5.09. The molecular weight excluding hydrogens is 308 g/mol. The molecule has 0 bridgehead atoms. The minimum atomic E-state index is -0.774. The molecule has 23 heavy (non-hydrogen) atoms. The Morgan fingerprint density at radius 2 is 2.04 bits per heavy atom. The molecule has 0 spiro atoms. The van der Waals surface area contributed by atoms with Crippen molar-refractivity contribution in [3.05, 3.63) is 59.1 Å². The lowest BCUT2D eigenvalue weighted by molar-refractivity contribution is -0.0943. The number of aliphatic hydroxyl groups is 1. The number of rotatable bonds is 3. The van der Waals surface area contributed by atoms with Crippen molar-refractivity contribution in [3.8, 4) is 0 Å². The standard InChI is InChI=1S/C19H23ClN2O/c1-18(2)8-7-16(11-15-3-5-17(20)6-4-15)12-19(18,23)13-22-10-9-21-14-22/h3-6,9-11,14,23H,7-8,12-13H2,1-2H3. The lowest BCUT2D eigenvalue weighted by Gasteiger charge is -2.47. The first-order chi connectivity index (χ1) is 10.9. The maximum atomic E-state index is 11.4. The molecule has 1 fully saturated rings. The summed E-state index contributed by atoms with van der Waals surface area (Å²) < 4.78 is 1.97. The van der Waals surface area contributed by atoms with Gasteiger partial charge >= 0.3 is 0 Å². The van der Waals surface area contributed by atoms with Gasteiger partial charge in [-0.25, -0.2) is 4.98 Å². The zero-order valence-electron chi connectivity index (χ0n) is 13.7. The third-order valence-corrected chi connectivity index (χ3v) is 5.35. The molecule has 1 aromatic heterocycles. The number of benzene rings is 1. The Morgan fingerprint density at radius 1 is 1.30 bits per heavy atom. The van der Waals surface area contributed by atoms with Gasteiger partial charge < -0.3 is 9.67 Å². The van der Waals surface area contributed by atoms with E-state index in [-0.39, 0.29) is 5.41 Å². The molecule has 1 aliphatic carbocycles. The SMILES string of the molecule is CC1(C)CCC(=Cc2ccc(Cl)cc2)CC1(O)Cn1ccnc1. The fourth-order valence-corrected chi connectivity index (χ4v) is 3.41. The van der Waals surface area contributed by atoms with Crippen molar-refractivity contribution in [1.29, 1.82) is 0 Å². The average molecular weight is 331 g/mol. The first-order valence-electron chi connectivity index (χ1n) is 8.01. The maximum absolute atomic E-state index is 11.4. The van der Waals surface area contributed by atoms with Crippen molar-refractivity contribution in [2.45, 2.75) is 45.3 Å². The predicted molar refractivity (Wildman–Crippen MR) is 94.2 cm³/mol. The van der Waals surface area contributed by atoms with Crippen LogP contribution in [0.4, 0.5) is 0 Å². The number of nitrogens with zero attached hydrogens (tertiary/aromatic N) is 2. The second kappa shape index (κ2) is 6.14. The monoisotopic (exact) mass is 330 g/mol. The van der Waals surface area contributed by atoms with Crippen LogP contribution in [-0.2, 0) is 6.54 Å². The molecule has 1 N–H and O–H groups in total. The van der Waals surface area contributed by atoms with E-state index in [4.69, 9.17) is 11.6 Å². The molecule has 0 amide bonds. The molecule has 0 radical (unpaired) electrons. The van der Waals surface area contributed by atoms with E-state index < -0.39 is 5.60 Å². The summed E-state index contributed by atoms with van der Waals surface area (Å²) in [6.07, 6.45) is 10.3. The summed E-state index contributed by atoms with van der Waals surface area (Å²) in [5, 5.41) is 12.1. The van der Waals surface area contributed by atoms with E-state index >= 15 is 0 Å². The molecule has 3 rings (SSSR count). The van der Waals surface area contributed by atoms with E-state index in [0.29, 0.717) is 13.0 Å². The summed E-state index contributed by atoms with van der Waals surface area (Å²) in [6, 6.07) is 7.84. The number of hydrogen-bond acceptors (Lipinski definition) is 2. The van der Waals surface area contributed by atoms with Gasteiger partial charge in [0.05, 0.1) is 18.5 Å². The largest absolute Gasteiger partial charge is 0.387 e. The topological polar surface area (TPSA) is 38.0 Å². The quantitative estimate of drug-likeness (QED) is 0.895. The van der Waals surface area contributed by atoms with E-state index in [1.807, 2.05) is 35.0 Å². The summed E-state index contributed by atoms with van der Waals surface area (Å²) in [6.45, 7) is 4.88. The average Bonchev–Trinajstić information content (AvgIpc) is 2.98. The van der Waals surface area contributed by atoms with Crippen LogP contribution in [0.15, 0.2) is 48.6 Å². The van der Waals surface area contributed by atoms with Gasteiger partial charge in [-0.05, 0) is 42.4 Å². The Morgan fingerprint density at radius 3 is 2.70 bits per heavy atom. The molecule has 2 aromatic rings. The predicted octanol–water partition coefficient (Wildman–Crippen LogP) is 4.56. The zero-order chi connectivity index (χ0) is 16.5. The Labute approximate surface area is 142 Å². The van der Waals surface area contributed by atoms with Gasteiger partial charge in [0.25, 0.3) is 0 Å². The van der Waals surface area contributed by atoms with Gasteiger partial charge in [0.2, 0.25) is 0 Å². The van der Waals surface area contributed by atoms with Crippen LogP contribution in [0.2, 0.25) is 5.02 Å². The van der Waals surface area contributed by atoms with Crippen LogP contribution in [0.1, 0.15) is 38.7 Å². The van der Waals surface area contributed by atoms with Gasteiger partial charge in [-0.3, -0.25) is 0 Å². The summed E-state index contributed by atoms with van der Waals surface area (Å²) in [5.41, 5.74) is 1.52. The molecule has 1 aliphatic rings. The van der Waals surface area contributed by atoms with E-state index in [2.05, 4.69) is 24.9 Å². The highest BCUT2D eigenvalue weighted by Crippen LogP contribution is 2.47. The van der Waals surface area contributed by atoms with Crippen molar-refractivity contribution in [3.63, 3.8) is 0 Å². The van der Waals surface area contributed by atoms with E-state index in [9.17, 15) is 5.11 Å². The molecule has 4 heteroatoms. The van der Waals surface area contributed by atoms with E-state index in [0.717, 1.165) is 23.4 Å². The zero-order valence-corrected chi connectivity index (χ0v) is 14.4. The van der Waals surface area contributed by atoms with Crippen molar-refractivity contribution in [2.75, 3.05) is 0 Å². The minimum absolute atomic E-state index is 0.130. The highest BCUT2D eigenvalue weighted by molar-refractivity contribution is 6.30. The smallest absolute Gasteiger partial charge is 0.0946 e. The molecule has 1 unspecified atom stereocenters. The third kappa shape index (κ3) is 3.51. The Kier molecular flexibility index (Phi) is 4.35. The summed E-state index contributed by atoms with van der Waals surface area (Å²) in [4.78, 5) is 4.09. The second-order valence-corrected chi connectivity index (χ2v) is 7.62. The van der Waals surface area contributed by atoms with Gasteiger partial charge in [0.15, 0.2) is 0 Å². The molecule has 122 valence electrons. The lowest BCUT2D eigenvalue weighted by Crippen LogP contribution is -2.50. The summed E-state index contributed by atoms with van der Waals surface area (Å²) in [5.74, 6) is 0. The van der Waals surface area contributed by atoms with Crippen LogP contribution in [0.3, 0.4) is 0 Å². The van der Waals surface area contributed by atoms with Crippen LogP contribution in [0, 0.1) is 5.41 Å². The van der Waals surface area contributed by atoms with Gasteiger partial charge in [-0.15, -0.1) is 0 Å². The molecule has 1 aromatic carbocycles. The normalized spacial score (nSPS) is 25.7. The molecule has 0 aliphatic heterocycles. The van der Waals surface area contributed by atoms with Crippen molar-refractivity contribution in [1.82, 2.24) is 9.55 Å². The number of aromatic nitrogens is 2. The fraction of sp³-hybridized carbons (Fsp3) is 0.421. The highest BCUT2D eigenvalue weighted by Gasteiger charge is 2.46. The van der Waals surface area contributed by atoms with Gasteiger partial charge in [0.1, 0.15) is 0 Å². The number of imidazole rings is 1. The molecule has 0 saturated heterocycles. The molecule has 1 atom stereocenters. The van der Waals surface area contributed by atoms with Crippen LogP contribution < -0.4 is 0 Å². The van der Waals surface area contributed by atoms with Gasteiger partial charge in [-0.2, -0.15) is 0 Å². The molecule has 1 heterocycles. The summed E-state index contributed by atoms with van der Waals surface area (Å²) in [7, 11) is 0. The minimum Gasteiger partial charge on any atom is -0.387 e. The van der Waals surface area contributed by atoms with Gasteiger partial charge in [0, 0.05) is 17.4 Å². The van der Waals surface area contributed by atoms with Crippen LogP contribution in [-0.4, -0.2) is 20.3 Å². The number of halogens is 1. The number of hydrogen-bond donors (Lipinski definition) is 1. The first-order valence-corrected chi connectivity index (χ1v) is 8.39. The van der Waals surface area contributed by atoms with Crippen molar-refractivity contribution >= 4 is 17.7 Å². The maximum Gasteiger partial charge on any atom is 0.0946 e. The first kappa shape index (κ1) is 16.3. The van der Waals surface area contributed by atoms with Crippen LogP contribution in [0.25, 0.3) is 6.08 Å². The lowest BCUT2D eigenvalue weighted by atomic mass is 9.63. The Hall–Kier alpha value is -1.58. The van der Waals surface area contributed by atoms with E-state index in [1.165, 1.54) is 5.57 Å². The van der Waals surface area contributed by atoms with Gasteiger partial charge in [-0.1, -0.05) is 49.2 Å². The van der Waals surface area contributed by atoms with Crippen molar-refractivity contribution < 1.29 is 5.11 Å². The Balaban J connectivity index is 1.84. The van der Waals surface area contributed by atoms with E-state index in [1.54, 1.807) is 12.5 Å². The van der Waals surface area contributed by atoms with Crippen LogP contribution >= 0.6 is 11.6 Å². The second-order valence-electron chi connectivity index (χ2n) is 7.18. The molecule has 3 nitrogen and oxygen atoms in total. The van der Waals surface area contributed by atoms with Crippen LogP contribution in [0.5, 0.6) is 0 Å². The Bertz CT molecular complexity index is 689. The summed E-state index contributed by atoms with van der Waals surface area (Å²) >= 11 is 5.95. The van der Waals surface area contributed by atoms with Crippen molar-refractivity contribution in [2.24, 2.45) is 5.41 Å². The fourth-order valence-electron chi connectivity index (χ4n) is 3.28. The molecular formula is C19H23ClN2O. The molecule has 1 saturated carbocycles.